The number of aromatic nitrogens is 2. The number of thiazole rings is 1. The number of aryl methyl sites for hydroxylation is 1. The molecule has 2 aromatic rings. The number of carbonyl (C=O) groups is 1. The topological polar surface area (TPSA) is 54.9 Å². The highest BCUT2D eigenvalue weighted by atomic mass is 32.1. The Kier molecular flexibility index (Phi) is 3.26. The fourth-order valence-electron chi connectivity index (χ4n) is 1.29. The van der Waals surface area contributed by atoms with E-state index < -0.39 is 0 Å². The first-order chi connectivity index (χ1) is 7.77. The summed E-state index contributed by atoms with van der Waals surface area (Å²) in [7, 11) is 0. The molecule has 2 rings (SSSR count). The van der Waals surface area contributed by atoms with Gasteiger partial charge in [-0.1, -0.05) is 6.07 Å². The van der Waals surface area contributed by atoms with Gasteiger partial charge in [0.25, 0.3) is 5.91 Å². The number of rotatable bonds is 3. The molecular weight excluding hydrogens is 222 g/mol. The van der Waals surface area contributed by atoms with Crippen molar-refractivity contribution in [2.45, 2.75) is 13.5 Å². The summed E-state index contributed by atoms with van der Waals surface area (Å²) in [6.07, 6.45) is 3.44. The fourth-order valence-corrected chi connectivity index (χ4v) is 2.00. The fraction of sp³-hybridized carbons (Fsp3) is 0.182. The third-order valence-electron chi connectivity index (χ3n) is 2.13. The highest BCUT2D eigenvalue weighted by molar-refractivity contribution is 7.11. The van der Waals surface area contributed by atoms with Crippen LogP contribution in [-0.2, 0) is 6.54 Å². The van der Waals surface area contributed by atoms with Gasteiger partial charge < -0.3 is 5.32 Å². The third kappa shape index (κ3) is 2.43. The molecule has 5 heteroatoms. The molecule has 1 N–H and O–H groups in total. The number of hydrogen-bond acceptors (Lipinski definition) is 4. The molecule has 0 aromatic carbocycles. The second kappa shape index (κ2) is 4.85. The largest absolute Gasteiger partial charge is 0.347 e. The van der Waals surface area contributed by atoms with E-state index in [0.29, 0.717) is 11.4 Å². The monoisotopic (exact) mass is 233 g/mol. The van der Waals surface area contributed by atoms with Crippen molar-refractivity contribution in [1.29, 1.82) is 0 Å². The summed E-state index contributed by atoms with van der Waals surface area (Å²) in [5.74, 6) is -0.0798. The second-order valence-corrected chi connectivity index (χ2v) is 4.17. The van der Waals surface area contributed by atoms with Crippen molar-refractivity contribution in [3.05, 3.63) is 46.2 Å². The summed E-state index contributed by atoms with van der Waals surface area (Å²) < 4.78 is 0. The summed E-state index contributed by atoms with van der Waals surface area (Å²) in [5, 5.41) is 2.83. The first-order valence-corrected chi connectivity index (χ1v) is 5.72. The van der Waals surface area contributed by atoms with Crippen molar-refractivity contribution < 1.29 is 4.79 Å². The highest BCUT2D eigenvalue weighted by Crippen LogP contribution is 2.11. The van der Waals surface area contributed by atoms with E-state index in [0.717, 1.165) is 11.3 Å². The first kappa shape index (κ1) is 10.8. The van der Waals surface area contributed by atoms with Crippen LogP contribution in [0, 0.1) is 6.92 Å². The molecule has 0 unspecified atom stereocenters. The molecule has 82 valence electrons. The average Bonchev–Trinajstić information content (AvgIpc) is 2.74. The lowest BCUT2D eigenvalue weighted by Crippen LogP contribution is -2.22. The van der Waals surface area contributed by atoms with Crippen LogP contribution in [0.1, 0.15) is 20.9 Å². The van der Waals surface area contributed by atoms with E-state index in [1.165, 1.54) is 11.3 Å². The molecule has 1 amide bonds. The Morgan fingerprint density at radius 1 is 1.56 bits per heavy atom. The smallest absolute Gasteiger partial charge is 0.263 e. The molecule has 16 heavy (non-hydrogen) atoms. The zero-order valence-electron chi connectivity index (χ0n) is 8.80. The van der Waals surface area contributed by atoms with Crippen molar-refractivity contribution in [2.24, 2.45) is 0 Å². The number of nitrogens with one attached hydrogen (secondary N) is 1. The van der Waals surface area contributed by atoms with Gasteiger partial charge in [-0.05, 0) is 18.6 Å². The third-order valence-corrected chi connectivity index (χ3v) is 3.05. The van der Waals surface area contributed by atoms with Gasteiger partial charge in [-0.25, -0.2) is 4.98 Å². The van der Waals surface area contributed by atoms with Crippen LogP contribution in [0.15, 0.2) is 30.0 Å². The Labute approximate surface area is 97.4 Å². The Hall–Kier alpha value is -1.75. The molecule has 2 aromatic heterocycles. The van der Waals surface area contributed by atoms with E-state index in [1.54, 1.807) is 17.9 Å². The molecule has 0 fully saturated rings. The van der Waals surface area contributed by atoms with Gasteiger partial charge in [0.05, 0.1) is 11.2 Å². The van der Waals surface area contributed by atoms with Crippen LogP contribution in [-0.4, -0.2) is 15.9 Å². The minimum atomic E-state index is -0.0798. The van der Waals surface area contributed by atoms with Crippen LogP contribution in [0.5, 0.6) is 0 Å². The maximum absolute atomic E-state index is 11.7. The van der Waals surface area contributed by atoms with Crippen LogP contribution in [0.2, 0.25) is 0 Å². The lowest BCUT2D eigenvalue weighted by Gasteiger charge is -2.03. The Bertz CT molecular complexity index is 481. The number of nitrogens with zero attached hydrogens (tertiary/aromatic N) is 2. The maximum atomic E-state index is 11.7. The van der Waals surface area contributed by atoms with Crippen LogP contribution in [0.25, 0.3) is 0 Å². The van der Waals surface area contributed by atoms with Crippen molar-refractivity contribution >= 4 is 17.2 Å². The molecule has 2 heterocycles. The lowest BCUT2D eigenvalue weighted by atomic mass is 10.3. The van der Waals surface area contributed by atoms with Crippen molar-refractivity contribution in [3.8, 4) is 0 Å². The van der Waals surface area contributed by atoms with Gasteiger partial charge >= 0.3 is 0 Å². The van der Waals surface area contributed by atoms with Gasteiger partial charge in [-0.15, -0.1) is 11.3 Å². The quantitative estimate of drug-likeness (QED) is 0.879. The normalized spacial score (nSPS) is 10.1. The predicted octanol–water partition coefficient (Wildman–Crippen LogP) is 1.78. The van der Waals surface area contributed by atoms with Gasteiger partial charge in [-0.2, -0.15) is 0 Å². The molecule has 0 aliphatic carbocycles. The number of amides is 1. The van der Waals surface area contributed by atoms with E-state index in [-0.39, 0.29) is 5.91 Å². The van der Waals surface area contributed by atoms with Crippen LogP contribution in [0.4, 0.5) is 0 Å². The number of pyridine rings is 1. The van der Waals surface area contributed by atoms with Gasteiger partial charge in [0.2, 0.25) is 0 Å². The zero-order chi connectivity index (χ0) is 11.4. The molecule has 0 aliphatic heterocycles. The van der Waals surface area contributed by atoms with E-state index >= 15 is 0 Å². The Balaban J connectivity index is 1.97. The van der Waals surface area contributed by atoms with Crippen molar-refractivity contribution in [1.82, 2.24) is 15.3 Å². The molecule has 0 saturated carbocycles. The van der Waals surface area contributed by atoms with E-state index in [2.05, 4.69) is 15.3 Å². The molecular formula is C11H11N3OS. The molecule has 4 nitrogen and oxygen atoms in total. The summed E-state index contributed by atoms with van der Waals surface area (Å²) >= 11 is 1.35. The number of carbonyl (C=O) groups excluding carboxylic acids is 1. The van der Waals surface area contributed by atoms with Gasteiger partial charge in [0, 0.05) is 18.9 Å². The first-order valence-electron chi connectivity index (χ1n) is 4.84. The number of hydrogen-bond donors (Lipinski definition) is 1. The van der Waals surface area contributed by atoms with E-state index in [1.807, 2.05) is 19.1 Å². The lowest BCUT2D eigenvalue weighted by molar-refractivity contribution is 0.0954. The average molecular weight is 233 g/mol. The van der Waals surface area contributed by atoms with Gasteiger partial charge in [0.1, 0.15) is 4.88 Å². The minimum absolute atomic E-state index is 0.0798. The summed E-state index contributed by atoms with van der Waals surface area (Å²) in [6.45, 7) is 2.32. The Morgan fingerprint density at radius 2 is 2.44 bits per heavy atom. The van der Waals surface area contributed by atoms with Crippen LogP contribution >= 0.6 is 11.3 Å². The SMILES string of the molecule is Cc1ncsc1C(=O)NCc1cccnc1. The second-order valence-electron chi connectivity index (χ2n) is 3.31. The summed E-state index contributed by atoms with van der Waals surface area (Å²) in [5.41, 5.74) is 3.43. The molecule has 0 bridgehead atoms. The van der Waals surface area contributed by atoms with Crippen LogP contribution < -0.4 is 5.32 Å². The summed E-state index contributed by atoms with van der Waals surface area (Å²) in [4.78, 5) is 20.4. The molecule has 0 aliphatic rings. The Morgan fingerprint density at radius 3 is 3.06 bits per heavy atom. The van der Waals surface area contributed by atoms with Crippen LogP contribution in [0.3, 0.4) is 0 Å². The van der Waals surface area contributed by atoms with Gasteiger partial charge in [0.15, 0.2) is 0 Å². The standard InChI is InChI=1S/C11H11N3OS/c1-8-10(16-7-14-8)11(15)13-6-9-3-2-4-12-5-9/h2-5,7H,6H2,1H3,(H,13,15). The molecule has 0 spiro atoms. The zero-order valence-corrected chi connectivity index (χ0v) is 9.62. The molecule has 0 radical (unpaired) electrons. The molecule has 0 saturated heterocycles. The predicted molar refractivity (Wildman–Crippen MR) is 62.3 cm³/mol. The summed E-state index contributed by atoms with van der Waals surface area (Å²) in [6, 6.07) is 3.77. The van der Waals surface area contributed by atoms with Crippen molar-refractivity contribution in [3.63, 3.8) is 0 Å². The van der Waals surface area contributed by atoms with E-state index in [4.69, 9.17) is 0 Å². The minimum Gasteiger partial charge on any atom is -0.347 e. The maximum Gasteiger partial charge on any atom is 0.263 e. The van der Waals surface area contributed by atoms with Gasteiger partial charge in [-0.3, -0.25) is 9.78 Å². The van der Waals surface area contributed by atoms with E-state index in [9.17, 15) is 4.79 Å². The molecule has 0 atom stereocenters. The van der Waals surface area contributed by atoms with Crippen molar-refractivity contribution in [2.75, 3.05) is 0 Å². The highest BCUT2D eigenvalue weighted by Gasteiger charge is 2.10.